The molecule has 0 aliphatic heterocycles. The number of rotatable bonds is 5. The van der Waals surface area contributed by atoms with Crippen LogP contribution in [0.15, 0.2) is 30.3 Å². The Labute approximate surface area is 125 Å². The minimum absolute atomic E-state index is 0.0556. The molecule has 4 nitrogen and oxygen atoms in total. The molecule has 1 N–H and O–H groups in total. The number of ether oxygens (including phenoxy) is 1. The maximum absolute atomic E-state index is 12.1. The molecule has 0 aromatic heterocycles. The van der Waals surface area contributed by atoms with Gasteiger partial charge in [-0.1, -0.05) is 36.8 Å². The third-order valence-electron chi connectivity index (χ3n) is 3.80. The molecule has 0 heterocycles. The maximum atomic E-state index is 12.1. The first-order chi connectivity index (χ1) is 10.1. The lowest BCUT2D eigenvalue weighted by Crippen LogP contribution is -2.30. The molecule has 1 atom stereocenters. The van der Waals surface area contributed by atoms with Crippen molar-refractivity contribution in [3.05, 3.63) is 35.9 Å². The molecule has 1 amide bonds. The van der Waals surface area contributed by atoms with Gasteiger partial charge in [0.25, 0.3) is 0 Å². The van der Waals surface area contributed by atoms with Crippen molar-refractivity contribution in [2.24, 2.45) is 0 Å². The highest BCUT2D eigenvalue weighted by Crippen LogP contribution is 2.23. The number of hydrogen-bond acceptors (Lipinski definition) is 3. The van der Waals surface area contributed by atoms with Gasteiger partial charge in [0.05, 0.1) is 12.5 Å². The van der Waals surface area contributed by atoms with Crippen molar-refractivity contribution in [3.8, 4) is 0 Å². The van der Waals surface area contributed by atoms with Crippen molar-refractivity contribution in [3.63, 3.8) is 0 Å². The third-order valence-corrected chi connectivity index (χ3v) is 3.80. The van der Waals surface area contributed by atoms with Crippen molar-refractivity contribution in [2.45, 2.75) is 57.6 Å². The van der Waals surface area contributed by atoms with Crippen LogP contribution >= 0.6 is 0 Å². The fraction of sp³-hybridized carbons (Fsp3) is 0.529. The topological polar surface area (TPSA) is 55.4 Å². The van der Waals surface area contributed by atoms with Gasteiger partial charge < -0.3 is 10.1 Å². The Balaban J connectivity index is 1.94. The molecular formula is C17H23NO3. The van der Waals surface area contributed by atoms with Crippen molar-refractivity contribution in [1.82, 2.24) is 5.32 Å². The monoisotopic (exact) mass is 289 g/mol. The molecule has 1 saturated carbocycles. The van der Waals surface area contributed by atoms with E-state index in [1.54, 1.807) is 0 Å². The van der Waals surface area contributed by atoms with Crippen molar-refractivity contribution in [1.29, 1.82) is 0 Å². The Hall–Kier alpha value is -1.84. The molecule has 0 radical (unpaired) electrons. The quantitative estimate of drug-likeness (QED) is 0.847. The van der Waals surface area contributed by atoms with Crippen LogP contribution in [0.1, 0.15) is 57.1 Å². The summed E-state index contributed by atoms with van der Waals surface area (Å²) in [5.41, 5.74) is 0.924. The van der Waals surface area contributed by atoms with Gasteiger partial charge in [-0.05, 0) is 31.2 Å². The summed E-state index contributed by atoms with van der Waals surface area (Å²) in [4.78, 5) is 23.4. The lowest BCUT2D eigenvalue weighted by molar-refractivity contribution is -0.151. The normalized spacial score (nSPS) is 17.0. The highest BCUT2D eigenvalue weighted by Gasteiger charge is 2.22. The van der Waals surface area contributed by atoms with Crippen LogP contribution in [-0.2, 0) is 14.3 Å². The largest absolute Gasteiger partial charge is 0.462 e. The number of hydrogen-bond donors (Lipinski definition) is 1. The van der Waals surface area contributed by atoms with E-state index in [4.69, 9.17) is 4.74 Å². The zero-order chi connectivity index (χ0) is 15.1. The zero-order valence-electron chi connectivity index (χ0n) is 12.5. The molecule has 1 aliphatic rings. The van der Waals surface area contributed by atoms with E-state index in [0.717, 1.165) is 31.2 Å². The molecular weight excluding hydrogens is 266 g/mol. The van der Waals surface area contributed by atoms with Crippen LogP contribution in [0.3, 0.4) is 0 Å². The predicted molar refractivity (Wildman–Crippen MR) is 80.6 cm³/mol. The lowest BCUT2D eigenvalue weighted by Gasteiger charge is -2.23. The summed E-state index contributed by atoms with van der Waals surface area (Å²) in [6, 6.07) is 9.21. The average Bonchev–Trinajstić information content (AvgIpc) is 2.48. The molecule has 1 unspecified atom stereocenters. The van der Waals surface area contributed by atoms with E-state index in [1.807, 2.05) is 30.3 Å². The summed E-state index contributed by atoms with van der Waals surface area (Å²) >= 11 is 0. The van der Waals surface area contributed by atoms with E-state index in [-0.39, 0.29) is 30.4 Å². The maximum Gasteiger partial charge on any atom is 0.308 e. The fourth-order valence-electron chi connectivity index (χ4n) is 2.77. The van der Waals surface area contributed by atoms with Crippen molar-refractivity contribution >= 4 is 11.9 Å². The van der Waals surface area contributed by atoms with Crippen LogP contribution < -0.4 is 5.32 Å². The smallest absolute Gasteiger partial charge is 0.308 e. The van der Waals surface area contributed by atoms with Crippen molar-refractivity contribution in [2.75, 3.05) is 0 Å². The number of amides is 1. The summed E-state index contributed by atoms with van der Waals surface area (Å²) in [5.74, 6) is -0.376. The molecule has 1 aromatic rings. The number of esters is 1. The molecule has 1 aromatic carbocycles. The third kappa shape index (κ3) is 5.21. The minimum Gasteiger partial charge on any atom is -0.462 e. The van der Waals surface area contributed by atoms with Gasteiger partial charge in [-0.15, -0.1) is 0 Å². The van der Waals surface area contributed by atoms with Crippen LogP contribution in [0.5, 0.6) is 0 Å². The predicted octanol–water partition coefficient (Wildman–Crippen LogP) is 3.13. The Morgan fingerprint density at radius 3 is 2.48 bits per heavy atom. The molecule has 1 fully saturated rings. The zero-order valence-corrected chi connectivity index (χ0v) is 12.5. The Kier molecular flexibility index (Phi) is 5.78. The highest BCUT2D eigenvalue weighted by molar-refractivity contribution is 5.76. The highest BCUT2D eigenvalue weighted by atomic mass is 16.5. The number of carbonyl (C=O) groups is 2. The van der Waals surface area contributed by atoms with Crippen LogP contribution in [0, 0.1) is 0 Å². The van der Waals surface area contributed by atoms with Gasteiger partial charge in [0.15, 0.2) is 0 Å². The van der Waals surface area contributed by atoms with E-state index in [9.17, 15) is 9.59 Å². The van der Waals surface area contributed by atoms with E-state index in [1.165, 1.54) is 13.3 Å². The second-order valence-corrected chi connectivity index (χ2v) is 5.62. The second-order valence-electron chi connectivity index (χ2n) is 5.62. The molecule has 2 rings (SSSR count). The van der Waals surface area contributed by atoms with Gasteiger partial charge in [0, 0.05) is 6.92 Å². The van der Waals surface area contributed by atoms with Crippen molar-refractivity contribution < 1.29 is 14.3 Å². The van der Waals surface area contributed by atoms with Crippen LogP contribution in [0.2, 0.25) is 0 Å². The standard InChI is InChI=1S/C17H23NO3/c1-13(19)18-16(14-8-4-2-5-9-14)12-17(20)21-15-10-6-3-7-11-15/h2,4-5,8-9,15-16H,3,6-7,10-12H2,1H3,(H,18,19). The van der Waals surface area contributed by atoms with E-state index in [2.05, 4.69) is 5.32 Å². The van der Waals surface area contributed by atoms with Gasteiger partial charge in [-0.2, -0.15) is 0 Å². The molecule has 0 bridgehead atoms. The van der Waals surface area contributed by atoms with E-state index in [0.29, 0.717) is 0 Å². The first kappa shape index (κ1) is 15.5. The van der Waals surface area contributed by atoms with E-state index >= 15 is 0 Å². The van der Waals surface area contributed by atoms with Gasteiger partial charge in [-0.3, -0.25) is 9.59 Å². The SMILES string of the molecule is CC(=O)NC(CC(=O)OC1CCCCC1)c1ccccc1. The Bertz CT molecular complexity index is 466. The number of nitrogens with one attached hydrogen (secondary N) is 1. The average molecular weight is 289 g/mol. The van der Waals surface area contributed by atoms with Crippen LogP contribution in [0.4, 0.5) is 0 Å². The first-order valence-electron chi connectivity index (χ1n) is 7.66. The second kappa shape index (κ2) is 7.81. The molecule has 0 saturated heterocycles. The summed E-state index contributed by atoms with van der Waals surface area (Å²) < 4.78 is 5.53. The molecule has 21 heavy (non-hydrogen) atoms. The molecule has 0 spiro atoms. The van der Waals surface area contributed by atoms with E-state index < -0.39 is 0 Å². The summed E-state index contributed by atoms with van der Waals surface area (Å²) in [6.45, 7) is 1.46. The number of benzene rings is 1. The molecule has 1 aliphatic carbocycles. The minimum atomic E-state index is -0.320. The first-order valence-corrected chi connectivity index (χ1v) is 7.66. The molecule has 4 heteroatoms. The fourth-order valence-corrected chi connectivity index (χ4v) is 2.77. The van der Waals surface area contributed by atoms with Crippen LogP contribution in [-0.4, -0.2) is 18.0 Å². The Morgan fingerprint density at radius 1 is 1.19 bits per heavy atom. The molecule has 114 valence electrons. The van der Waals surface area contributed by atoms with Gasteiger partial charge >= 0.3 is 5.97 Å². The Morgan fingerprint density at radius 2 is 1.86 bits per heavy atom. The van der Waals surface area contributed by atoms with Gasteiger partial charge in [0.2, 0.25) is 5.91 Å². The van der Waals surface area contributed by atoms with Gasteiger partial charge in [0.1, 0.15) is 6.10 Å². The summed E-state index contributed by atoms with van der Waals surface area (Å²) in [6.07, 6.45) is 5.65. The summed E-state index contributed by atoms with van der Waals surface area (Å²) in [7, 11) is 0. The lowest BCUT2D eigenvalue weighted by atomic mass is 9.97. The van der Waals surface area contributed by atoms with Gasteiger partial charge in [-0.25, -0.2) is 0 Å². The van der Waals surface area contributed by atoms with Crippen LogP contribution in [0.25, 0.3) is 0 Å². The summed E-state index contributed by atoms with van der Waals surface area (Å²) in [5, 5.41) is 2.82. The number of carbonyl (C=O) groups excluding carboxylic acids is 2.